The lowest BCUT2D eigenvalue weighted by Gasteiger charge is -2.31. The zero-order valence-corrected chi connectivity index (χ0v) is 21.1. The Balaban J connectivity index is 1.36. The molecule has 38 heavy (non-hydrogen) atoms. The maximum absolute atomic E-state index is 13.7. The van der Waals surface area contributed by atoms with Crippen molar-refractivity contribution < 1.29 is 18.7 Å². The zero-order chi connectivity index (χ0) is 26.5. The summed E-state index contributed by atoms with van der Waals surface area (Å²) in [6.07, 6.45) is 1.36. The second-order valence-electron chi connectivity index (χ2n) is 9.49. The van der Waals surface area contributed by atoms with Crippen LogP contribution in [0.15, 0.2) is 95.5 Å². The van der Waals surface area contributed by atoms with Crippen molar-refractivity contribution in [2.75, 3.05) is 6.54 Å². The Kier molecular flexibility index (Phi) is 7.15. The number of amides is 2. The van der Waals surface area contributed by atoms with E-state index in [4.69, 9.17) is 14.9 Å². The van der Waals surface area contributed by atoms with Crippen molar-refractivity contribution in [2.24, 2.45) is 5.73 Å². The highest BCUT2D eigenvalue weighted by Crippen LogP contribution is 2.24. The van der Waals surface area contributed by atoms with Crippen molar-refractivity contribution >= 4 is 33.9 Å². The van der Waals surface area contributed by atoms with E-state index in [2.05, 4.69) is 15.6 Å². The van der Waals surface area contributed by atoms with E-state index >= 15 is 0 Å². The summed E-state index contributed by atoms with van der Waals surface area (Å²) < 4.78 is 11.2. The number of alkyl carbamates (subject to hydrolysis) is 1. The largest absolute Gasteiger partial charge is 0.457 e. The molecule has 5 N–H and O–H groups in total. The SMILES string of the molecule is CC(Cc1c[nH]c2ccccc12)(NC(=O)OCc1cc2ccccc2o1)C(=O)NC(CN)c1ccccc1. The Hall–Kier alpha value is -4.56. The van der Waals surface area contributed by atoms with Crippen LogP contribution in [0.3, 0.4) is 0 Å². The van der Waals surface area contributed by atoms with Crippen LogP contribution in [0.4, 0.5) is 4.79 Å². The molecule has 0 radical (unpaired) electrons. The van der Waals surface area contributed by atoms with Crippen LogP contribution in [-0.2, 0) is 22.6 Å². The van der Waals surface area contributed by atoms with Crippen LogP contribution < -0.4 is 16.4 Å². The second-order valence-corrected chi connectivity index (χ2v) is 9.49. The molecular weight excluding hydrogens is 480 g/mol. The van der Waals surface area contributed by atoms with E-state index in [9.17, 15) is 9.59 Å². The summed E-state index contributed by atoms with van der Waals surface area (Å²) in [5, 5.41) is 7.72. The highest BCUT2D eigenvalue weighted by Gasteiger charge is 2.37. The Morgan fingerprint density at radius 3 is 2.55 bits per heavy atom. The Morgan fingerprint density at radius 1 is 1.03 bits per heavy atom. The fourth-order valence-electron chi connectivity index (χ4n) is 4.63. The normalized spacial score (nSPS) is 13.6. The van der Waals surface area contributed by atoms with E-state index in [0.29, 0.717) is 11.3 Å². The number of fused-ring (bicyclic) bond motifs is 2. The fraction of sp³-hybridized carbons (Fsp3) is 0.200. The number of hydrogen-bond acceptors (Lipinski definition) is 5. The lowest BCUT2D eigenvalue weighted by molar-refractivity contribution is -0.127. The third-order valence-corrected chi connectivity index (χ3v) is 6.66. The lowest BCUT2D eigenvalue weighted by atomic mass is 9.91. The number of H-pyrrole nitrogens is 1. The molecule has 0 bridgehead atoms. The summed E-state index contributed by atoms with van der Waals surface area (Å²) in [6, 6.07) is 26.3. The molecule has 0 spiro atoms. The van der Waals surface area contributed by atoms with Gasteiger partial charge >= 0.3 is 6.09 Å². The third-order valence-electron chi connectivity index (χ3n) is 6.66. The van der Waals surface area contributed by atoms with Crippen molar-refractivity contribution in [1.82, 2.24) is 15.6 Å². The molecule has 0 saturated heterocycles. The first-order chi connectivity index (χ1) is 18.4. The number of rotatable bonds is 9. The molecule has 5 aromatic rings. The number of ether oxygens (including phenoxy) is 1. The van der Waals surface area contributed by atoms with Crippen LogP contribution in [0.25, 0.3) is 21.9 Å². The van der Waals surface area contributed by atoms with Gasteiger partial charge in [0.25, 0.3) is 0 Å². The van der Waals surface area contributed by atoms with Crippen LogP contribution in [0, 0.1) is 0 Å². The molecular formula is C30H30N4O4. The third kappa shape index (κ3) is 5.40. The minimum absolute atomic E-state index is 0.0687. The van der Waals surface area contributed by atoms with Crippen LogP contribution in [0.5, 0.6) is 0 Å². The summed E-state index contributed by atoms with van der Waals surface area (Å²) in [6.45, 7) is 1.82. The van der Waals surface area contributed by atoms with Crippen molar-refractivity contribution in [3.63, 3.8) is 0 Å². The van der Waals surface area contributed by atoms with Gasteiger partial charge in [0.1, 0.15) is 16.9 Å². The van der Waals surface area contributed by atoms with Gasteiger partial charge in [0.05, 0.1) is 6.04 Å². The molecule has 2 atom stereocenters. The molecule has 2 amide bonds. The molecule has 0 aliphatic heterocycles. The van der Waals surface area contributed by atoms with E-state index in [0.717, 1.165) is 27.4 Å². The Labute approximate surface area is 220 Å². The standard InChI is InChI=1S/C30H30N4O4/c1-30(16-22-18-32-25-13-7-6-12-24(22)25,28(35)33-26(17-31)20-9-3-2-4-10-20)34-29(36)37-19-23-15-21-11-5-8-14-27(21)38-23/h2-15,18,26,32H,16-17,19,31H2,1H3,(H,33,35)(H,34,36). The average Bonchev–Trinajstić information content (AvgIpc) is 3.54. The van der Waals surface area contributed by atoms with Gasteiger partial charge in [0.2, 0.25) is 5.91 Å². The van der Waals surface area contributed by atoms with Crippen molar-refractivity contribution in [3.8, 4) is 0 Å². The molecule has 0 saturated carbocycles. The van der Waals surface area contributed by atoms with E-state index in [-0.39, 0.29) is 25.5 Å². The van der Waals surface area contributed by atoms with Crippen LogP contribution >= 0.6 is 0 Å². The topological polar surface area (TPSA) is 122 Å². The maximum atomic E-state index is 13.7. The van der Waals surface area contributed by atoms with Gasteiger partial charge in [-0.15, -0.1) is 0 Å². The van der Waals surface area contributed by atoms with Crippen LogP contribution in [-0.4, -0.2) is 29.1 Å². The number of carbonyl (C=O) groups is 2. The number of furan rings is 1. The molecule has 0 aliphatic carbocycles. The molecule has 2 unspecified atom stereocenters. The molecule has 5 rings (SSSR count). The number of para-hydroxylation sites is 2. The van der Waals surface area contributed by atoms with Gasteiger partial charge < -0.3 is 30.5 Å². The molecule has 3 aromatic carbocycles. The predicted molar refractivity (Wildman–Crippen MR) is 146 cm³/mol. The minimum atomic E-state index is -1.34. The van der Waals surface area contributed by atoms with Gasteiger partial charge in [0, 0.05) is 35.5 Å². The zero-order valence-electron chi connectivity index (χ0n) is 21.1. The number of aromatic nitrogens is 1. The van der Waals surface area contributed by atoms with Crippen molar-refractivity contribution in [1.29, 1.82) is 0 Å². The van der Waals surface area contributed by atoms with Crippen LogP contribution in [0.1, 0.15) is 29.9 Å². The molecule has 2 aromatic heterocycles. The maximum Gasteiger partial charge on any atom is 0.408 e. The smallest absolute Gasteiger partial charge is 0.408 e. The van der Waals surface area contributed by atoms with Gasteiger partial charge in [0.15, 0.2) is 6.61 Å². The second kappa shape index (κ2) is 10.8. The summed E-state index contributed by atoms with van der Waals surface area (Å²) >= 11 is 0. The predicted octanol–water partition coefficient (Wildman–Crippen LogP) is 4.96. The lowest BCUT2D eigenvalue weighted by Crippen LogP contribution is -2.59. The molecule has 0 aliphatic rings. The first-order valence-corrected chi connectivity index (χ1v) is 12.5. The highest BCUT2D eigenvalue weighted by atomic mass is 16.6. The fourth-order valence-corrected chi connectivity index (χ4v) is 4.63. The van der Waals surface area contributed by atoms with E-state index in [1.807, 2.05) is 91.1 Å². The number of carbonyl (C=O) groups excluding carboxylic acids is 2. The van der Waals surface area contributed by atoms with E-state index < -0.39 is 17.7 Å². The average molecular weight is 511 g/mol. The first-order valence-electron chi connectivity index (χ1n) is 12.5. The van der Waals surface area contributed by atoms with E-state index in [1.165, 1.54) is 0 Å². The molecule has 2 heterocycles. The van der Waals surface area contributed by atoms with E-state index in [1.54, 1.807) is 6.92 Å². The summed E-state index contributed by atoms with van der Waals surface area (Å²) in [5.74, 6) is 0.138. The number of nitrogens with one attached hydrogen (secondary N) is 3. The monoisotopic (exact) mass is 510 g/mol. The molecule has 0 fully saturated rings. The van der Waals surface area contributed by atoms with Gasteiger partial charge in [-0.05, 0) is 36.2 Å². The summed E-state index contributed by atoms with van der Waals surface area (Å²) in [4.78, 5) is 29.9. The summed E-state index contributed by atoms with van der Waals surface area (Å²) in [5.41, 5.74) is 8.10. The highest BCUT2D eigenvalue weighted by molar-refractivity contribution is 5.92. The quantitative estimate of drug-likeness (QED) is 0.223. The van der Waals surface area contributed by atoms with Gasteiger partial charge in [-0.1, -0.05) is 66.7 Å². The summed E-state index contributed by atoms with van der Waals surface area (Å²) in [7, 11) is 0. The Bertz CT molecular complexity index is 1530. The number of hydrogen-bond donors (Lipinski definition) is 4. The number of benzene rings is 3. The minimum Gasteiger partial charge on any atom is -0.457 e. The van der Waals surface area contributed by atoms with Crippen molar-refractivity contribution in [3.05, 3.63) is 108 Å². The molecule has 8 heteroatoms. The van der Waals surface area contributed by atoms with Crippen LogP contribution in [0.2, 0.25) is 0 Å². The van der Waals surface area contributed by atoms with Crippen molar-refractivity contribution in [2.45, 2.75) is 31.5 Å². The number of aromatic amines is 1. The molecule has 8 nitrogen and oxygen atoms in total. The van der Waals surface area contributed by atoms with Gasteiger partial charge in [-0.3, -0.25) is 4.79 Å². The number of nitrogens with two attached hydrogens (primary N) is 1. The first kappa shape index (κ1) is 25.1. The Morgan fingerprint density at radius 2 is 1.76 bits per heavy atom. The van der Waals surface area contributed by atoms with Gasteiger partial charge in [-0.2, -0.15) is 0 Å². The van der Waals surface area contributed by atoms with Gasteiger partial charge in [-0.25, -0.2) is 4.79 Å². The molecule has 194 valence electrons.